The minimum Gasteiger partial charge on any atom is -0.384 e. The van der Waals surface area contributed by atoms with E-state index in [9.17, 15) is 23.2 Å². The standard InChI is InChI=1S/C29H29F2N5O5S/c1-16(24-11-19(14-42-24)26(32)33)35-28(39)23-12-29(40-8-9-41-29)15-36(23)25(37)13-34-27(38)18-4-7-21(22(31)10-18)17-2-5-20(30)6-3-17/h2-7,10-11,14,16,23H,8-9,12-13,15H2,1H3,(H3,32,33)(H,34,38)(H,35,39)/t16?,23-/m0/s1. The zero-order valence-electron chi connectivity index (χ0n) is 22.6. The van der Waals surface area contributed by atoms with Crippen LogP contribution in [0.2, 0.25) is 0 Å². The lowest BCUT2D eigenvalue weighted by Crippen LogP contribution is -2.49. The number of nitrogen functional groups attached to an aromatic ring is 1. The molecule has 2 aromatic carbocycles. The fraction of sp³-hybridized carbons (Fsp3) is 0.310. The summed E-state index contributed by atoms with van der Waals surface area (Å²) < 4.78 is 39.5. The van der Waals surface area contributed by atoms with Gasteiger partial charge in [-0.05, 0) is 42.8 Å². The monoisotopic (exact) mass is 597 g/mol. The number of amides is 3. The summed E-state index contributed by atoms with van der Waals surface area (Å²) in [5.74, 6) is -3.95. The van der Waals surface area contributed by atoms with Gasteiger partial charge in [0.05, 0.1) is 32.3 Å². The van der Waals surface area contributed by atoms with E-state index in [1.807, 2.05) is 0 Å². The second-order valence-electron chi connectivity index (χ2n) is 10.1. The summed E-state index contributed by atoms with van der Waals surface area (Å²) in [5, 5.41) is 14.7. The molecule has 220 valence electrons. The fourth-order valence-corrected chi connectivity index (χ4v) is 5.94. The van der Waals surface area contributed by atoms with Gasteiger partial charge in [0.2, 0.25) is 11.8 Å². The molecule has 0 aliphatic carbocycles. The Morgan fingerprint density at radius 2 is 1.83 bits per heavy atom. The molecule has 2 aliphatic heterocycles. The van der Waals surface area contributed by atoms with Crippen molar-refractivity contribution in [2.45, 2.75) is 31.2 Å². The smallest absolute Gasteiger partial charge is 0.251 e. The molecule has 1 unspecified atom stereocenters. The Morgan fingerprint density at radius 3 is 2.48 bits per heavy atom. The first-order chi connectivity index (χ1) is 20.0. The van der Waals surface area contributed by atoms with Gasteiger partial charge in [-0.15, -0.1) is 11.3 Å². The highest BCUT2D eigenvalue weighted by Gasteiger charge is 2.52. The Labute approximate surface area is 244 Å². The van der Waals surface area contributed by atoms with Crippen LogP contribution < -0.4 is 16.4 Å². The van der Waals surface area contributed by atoms with E-state index in [0.717, 1.165) is 10.9 Å². The molecule has 3 heterocycles. The molecule has 1 aromatic heterocycles. The number of benzene rings is 2. The predicted octanol–water partition coefficient (Wildman–Crippen LogP) is 2.93. The van der Waals surface area contributed by atoms with Crippen LogP contribution in [0.15, 0.2) is 53.9 Å². The summed E-state index contributed by atoms with van der Waals surface area (Å²) >= 11 is 1.35. The lowest BCUT2D eigenvalue weighted by molar-refractivity contribution is -0.152. The maximum absolute atomic E-state index is 14.8. The van der Waals surface area contributed by atoms with Gasteiger partial charge in [-0.25, -0.2) is 8.78 Å². The van der Waals surface area contributed by atoms with Crippen molar-refractivity contribution >= 4 is 34.9 Å². The molecule has 10 nitrogen and oxygen atoms in total. The quantitative estimate of drug-likeness (QED) is 0.232. The number of amidine groups is 1. The number of nitrogens with zero attached hydrogens (tertiary/aromatic N) is 1. The van der Waals surface area contributed by atoms with Crippen LogP contribution in [0.25, 0.3) is 11.1 Å². The average Bonchev–Trinajstić information content (AvgIpc) is 3.73. The van der Waals surface area contributed by atoms with Crippen molar-refractivity contribution in [3.05, 3.63) is 81.5 Å². The van der Waals surface area contributed by atoms with E-state index in [1.54, 1.807) is 18.4 Å². The van der Waals surface area contributed by atoms with Gasteiger partial charge < -0.3 is 30.7 Å². The SMILES string of the molecule is CC(NC(=O)[C@@H]1CC2(CN1C(=O)CNC(=O)c1ccc(-c3ccc(F)cc3)c(F)c1)OCCO2)c1cc(C(=N)N)cs1. The first-order valence-corrected chi connectivity index (χ1v) is 14.1. The van der Waals surface area contributed by atoms with Crippen molar-refractivity contribution in [3.63, 3.8) is 0 Å². The number of rotatable bonds is 8. The number of carbonyl (C=O) groups is 3. The third-order valence-electron chi connectivity index (χ3n) is 7.23. The molecule has 1 spiro atoms. The van der Waals surface area contributed by atoms with Crippen LogP contribution in [0.4, 0.5) is 8.78 Å². The molecule has 0 bridgehead atoms. The lowest BCUT2D eigenvalue weighted by Gasteiger charge is -2.25. The van der Waals surface area contributed by atoms with Gasteiger partial charge in [0.25, 0.3) is 5.91 Å². The van der Waals surface area contributed by atoms with E-state index in [2.05, 4.69) is 10.6 Å². The number of carbonyl (C=O) groups excluding carboxylic acids is 3. The van der Waals surface area contributed by atoms with Crippen LogP contribution in [-0.4, -0.2) is 66.6 Å². The van der Waals surface area contributed by atoms with E-state index < -0.39 is 53.8 Å². The summed E-state index contributed by atoms with van der Waals surface area (Å²) in [6, 6.07) is 9.55. The maximum atomic E-state index is 14.8. The van der Waals surface area contributed by atoms with Gasteiger partial charge in [-0.2, -0.15) is 0 Å². The molecule has 0 radical (unpaired) electrons. The first kappa shape index (κ1) is 29.3. The third-order valence-corrected chi connectivity index (χ3v) is 8.35. The maximum Gasteiger partial charge on any atom is 0.251 e. The van der Waals surface area contributed by atoms with Crippen LogP contribution in [-0.2, 0) is 19.1 Å². The second kappa shape index (κ2) is 12.0. The number of thiophene rings is 1. The van der Waals surface area contributed by atoms with Gasteiger partial charge in [0.1, 0.15) is 23.5 Å². The van der Waals surface area contributed by atoms with Crippen LogP contribution in [0.1, 0.15) is 40.2 Å². The van der Waals surface area contributed by atoms with Crippen LogP contribution in [0.3, 0.4) is 0 Å². The Morgan fingerprint density at radius 1 is 1.12 bits per heavy atom. The largest absolute Gasteiger partial charge is 0.384 e. The zero-order valence-corrected chi connectivity index (χ0v) is 23.4. The summed E-state index contributed by atoms with van der Waals surface area (Å²) in [4.78, 5) is 41.5. The van der Waals surface area contributed by atoms with Crippen LogP contribution >= 0.6 is 11.3 Å². The van der Waals surface area contributed by atoms with Gasteiger partial charge in [-0.1, -0.05) is 18.2 Å². The van der Waals surface area contributed by atoms with E-state index >= 15 is 0 Å². The van der Waals surface area contributed by atoms with Crippen molar-refractivity contribution in [3.8, 4) is 11.1 Å². The normalized spacial score (nSPS) is 18.2. The van der Waals surface area contributed by atoms with Crippen molar-refractivity contribution < 1.29 is 32.6 Å². The Hall–Kier alpha value is -4.20. The minimum atomic E-state index is -1.12. The molecule has 5 N–H and O–H groups in total. The Balaban J connectivity index is 1.24. The number of nitrogens with one attached hydrogen (secondary N) is 3. The molecule has 13 heteroatoms. The highest BCUT2D eigenvalue weighted by molar-refractivity contribution is 7.10. The van der Waals surface area contributed by atoms with Gasteiger partial charge in [0.15, 0.2) is 5.79 Å². The molecule has 2 fully saturated rings. The van der Waals surface area contributed by atoms with E-state index in [4.69, 9.17) is 20.6 Å². The predicted molar refractivity (Wildman–Crippen MR) is 151 cm³/mol. The number of hydrogen-bond acceptors (Lipinski definition) is 7. The summed E-state index contributed by atoms with van der Waals surface area (Å²) in [6.07, 6.45) is 0.116. The number of halogens is 2. The van der Waals surface area contributed by atoms with Crippen LogP contribution in [0.5, 0.6) is 0 Å². The second-order valence-corrected chi connectivity index (χ2v) is 11.1. The van der Waals surface area contributed by atoms with Gasteiger partial charge in [-0.3, -0.25) is 19.8 Å². The van der Waals surface area contributed by atoms with Crippen molar-refractivity contribution in [2.75, 3.05) is 26.3 Å². The highest BCUT2D eigenvalue weighted by Crippen LogP contribution is 2.35. The van der Waals surface area contributed by atoms with Crippen molar-refractivity contribution in [1.82, 2.24) is 15.5 Å². The molecular formula is C29H29F2N5O5S. The third kappa shape index (κ3) is 6.17. The number of ether oxygens (including phenoxy) is 2. The summed E-state index contributed by atoms with van der Waals surface area (Å²) in [5.41, 5.74) is 6.75. The molecule has 2 atom stereocenters. The minimum absolute atomic E-state index is 0.00263. The molecule has 5 rings (SSSR count). The lowest BCUT2D eigenvalue weighted by atomic mass is 10.0. The van der Waals surface area contributed by atoms with E-state index in [-0.39, 0.29) is 29.9 Å². The number of nitrogens with two attached hydrogens (primary N) is 1. The average molecular weight is 598 g/mol. The summed E-state index contributed by atoms with van der Waals surface area (Å²) in [6.45, 7) is 2.00. The molecule has 2 aliphatic rings. The summed E-state index contributed by atoms with van der Waals surface area (Å²) in [7, 11) is 0. The fourth-order valence-electron chi connectivity index (χ4n) is 5.02. The van der Waals surface area contributed by atoms with Gasteiger partial charge in [0, 0.05) is 33.4 Å². The number of hydrogen-bond donors (Lipinski definition) is 4. The van der Waals surface area contributed by atoms with Crippen molar-refractivity contribution in [2.24, 2.45) is 5.73 Å². The van der Waals surface area contributed by atoms with Crippen molar-refractivity contribution in [1.29, 1.82) is 5.41 Å². The number of likely N-dealkylation sites (tertiary alicyclic amines) is 1. The van der Waals surface area contributed by atoms with E-state index in [0.29, 0.717) is 24.3 Å². The molecule has 2 saturated heterocycles. The van der Waals surface area contributed by atoms with Gasteiger partial charge >= 0.3 is 0 Å². The molecule has 42 heavy (non-hydrogen) atoms. The first-order valence-electron chi connectivity index (χ1n) is 13.2. The topological polar surface area (TPSA) is 147 Å². The Bertz CT molecular complexity index is 1520. The molecular weight excluding hydrogens is 568 g/mol. The molecule has 3 amide bonds. The Kier molecular flexibility index (Phi) is 8.34. The van der Waals surface area contributed by atoms with E-state index in [1.165, 1.54) is 52.6 Å². The highest BCUT2D eigenvalue weighted by atomic mass is 32.1. The zero-order chi connectivity index (χ0) is 30.0. The molecule has 3 aromatic rings. The molecule has 0 saturated carbocycles. The van der Waals surface area contributed by atoms with Crippen LogP contribution in [0, 0.1) is 17.0 Å².